The van der Waals surface area contributed by atoms with E-state index in [0.29, 0.717) is 17.2 Å². The minimum Gasteiger partial charge on any atom is -0.497 e. The number of carbonyl (C=O) groups excluding carboxylic acids is 1. The van der Waals surface area contributed by atoms with Crippen molar-refractivity contribution in [3.63, 3.8) is 0 Å². The molecule has 30 heavy (non-hydrogen) atoms. The summed E-state index contributed by atoms with van der Waals surface area (Å²) < 4.78 is 43.6. The van der Waals surface area contributed by atoms with Crippen molar-refractivity contribution in [3.05, 3.63) is 48.5 Å². The Hall–Kier alpha value is -2.74. The largest absolute Gasteiger partial charge is 0.497 e. The van der Waals surface area contributed by atoms with Crippen molar-refractivity contribution in [1.82, 2.24) is 0 Å². The van der Waals surface area contributed by atoms with E-state index in [4.69, 9.17) is 14.2 Å². The van der Waals surface area contributed by atoms with Gasteiger partial charge in [0.25, 0.3) is 10.0 Å². The molecule has 3 rings (SSSR count). The van der Waals surface area contributed by atoms with Crippen molar-refractivity contribution < 1.29 is 27.4 Å². The zero-order valence-corrected chi connectivity index (χ0v) is 18.1. The molecule has 0 radical (unpaired) electrons. The zero-order chi connectivity index (χ0) is 21.6. The second kappa shape index (κ2) is 9.84. The lowest BCUT2D eigenvalue weighted by Crippen LogP contribution is -2.36. The highest BCUT2D eigenvalue weighted by Crippen LogP contribution is 2.29. The minimum absolute atomic E-state index is 0.0545. The van der Waals surface area contributed by atoms with Gasteiger partial charge in [0, 0.05) is 0 Å². The van der Waals surface area contributed by atoms with Crippen LogP contribution in [0.5, 0.6) is 11.5 Å². The van der Waals surface area contributed by atoms with E-state index in [9.17, 15) is 13.2 Å². The van der Waals surface area contributed by atoms with E-state index in [1.165, 1.54) is 19.2 Å². The zero-order valence-electron chi connectivity index (χ0n) is 17.2. The number of benzene rings is 2. The summed E-state index contributed by atoms with van der Waals surface area (Å²) in [6.45, 7) is 1.42. The fraction of sp³-hybridized carbons (Fsp3) is 0.409. The van der Waals surface area contributed by atoms with Gasteiger partial charge in [0.1, 0.15) is 18.0 Å². The third-order valence-electron chi connectivity index (χ3n) is 4.96. The molecule has 0 heterocycles. The van der Waals surface area contributed by atoms with Gasteiger partial charge in [0.05, 0.1) is 30.4 Å². The third kappa shape index (κ3) is 5.24. The first kappa shape index (κ1) is 22.0. The molecule has 2 aromatic rings. The first-order chi connectivity index (χ1) is 14.4. The Balaban J connectivity index is 1.88. The molecule has 1 fully saturated rings. The van der Waals surface area contributed by atoms with Crippen molar-refractivity contribution >= 4 is 21.7 Å². The molecule has 0 amide bonds. The van der Waals surface area contributed by atoms with E-state index in [0.717, 1.165) is 30.0 Å². The summed E-state index contributed by atoms with van der Waals surface area (Å²) in [5, 5.41) is 0. The summed E-state index contributed by atoms with van der Waals surface area (Å²) in [5.74, 6) is 0.601. The number of ether oxygens (including phenoxy) is 3. The molecule has 2 aromatic carbocycles. The van der Waals surface area contributed by atoms with Crippen LogP contribution in [-0.4, -0.2) is 40.8 Å². The number of methoxy groups -OCH3 is 1. The first-order valence-electron chi connectivity index (χ1n) is 10.0. The van der Waals surface area contributed by atoms with Crippen molar-refractivity contribution in [1.29, 1.82) is 0 Å². The van der Waals surface area contributed by atoms with Gasteiger partial charge in [-0.3, -0.25) is 9.10 Å². The van der Waals surface area contributed by atoms with Crippen LogP contribution < -0.4 is 13.8 Å². The Morgan fingerprint density at radius 3 is 2.17 bits per heavy atom. The molecular weight excluding hydrogens is 406 g/mol. The highest BCUT2D eigenvalue weighted by Gasteiger charge is 2.28. The molecule has 0 N–H and O–H groups in total. The van der Waals surface area contributed by atoms with Gasteiger partial charge in [-0.15, -0.1) is 0 Å². The van der Waals surface area contributed by atoms with Crippen LogP contribution in [0.4, 0.5) is 5.69 Å². The fourth-order valence-corrected chi connectivity index (χ4v) is 4.81. The van der Waals surface area contributed by atoms with Crippen LogP contribution in [0.25, 0.3) is 0 Å². The van der Waals surface area contributed by atoms with Gasteiger partial charge in [0.15, 0.2) is 0 Å². The molecule has 0 bridgehead atoms. The summed E-state index contributed by atoms with van der Waals surface area (Å²) in [6, 6.07) is 12.8. The summed E-state index contributed by atoms with van der Waals surface area (Å²) >= 11 is 0. The minimum atomic E-state index is -3.99. The van der Waals surface area contributed by atoms with Gasteiger partial charge in [-0.1, -0.05) is 0 Å². The van der Waals surface area contributed by atoms with E-state index in [1.807, 2.05) is 0 Å². The summed E-state index contributed by atoms with van der Waals surface area (Å²) in [5.41, 5.74) is 0.359. The van der Waals surface area contributed by atoms with Crippen LogP contribution >= 0.6 is 0 Å². The number of hydrogen-bond donors (Lipinski definition) is 0. The first-order valence-corrected chi connectivity index (χ1v) is 11.5. The lowest BCUT2D eigenvalue weighted by molar-refractivity contribution is -0.141. The molecule has 1 aliphatic rings. The van der Waals surface area contributed by atoms with Crippen LogP contribution in [0.3, 0.4) is 0 Å². The second-order valence-electron chi connectivity index (χ2n) is 7.01. The number of hydrogen-bond acceptors (Lipinski definition) is 6. The van der Waals surface area contributed by atoms with E-state index >= 15 is 0 Å². The molecule has 0 atom stereocenters. The van der Waals surface area contributed by atoms with Crippen molar-refractivity contribution in [2.75, 3.05) is 24.6 Å². The number of rotatable bonds is 9. The van der Waals surface area contributed by atoms with Gasteiger partial charge in [0.2, 0.25) is 0 Å². The molecule has 0 unspecified atom stereocenters. The Morgan fingerprint density at radius 1 is 1.00 bits per heavy atom. The predicted molar refractivity (Wildman–Crippen MR) is 113 cm³/mol. The van der Waals surface area contributed by atoms with Crippen LogP contribution in [0.15, 0.2) is 53.4 Å². The van der Waals surface area contributed by atoms with Gasteiger partial charge in [-0.05, 0) is 81.1 Å². The van der Waals surface area contributed by atoms with Gasteiger partial charge in [-0.25, -0.2) is 8.42 Å². The fourth-order valence-electron chi connectivity index (χ4n) is 3.40. The SMILES string of the molecule is CCOC(=O)CN(c1ccc(OC2CCCC2)cc1)S(=O)(=O)c1ccc(OC)cc1. The molecule has 1 saturated carbocycles. The molecule has 1 aliphatic carbocycles. The molecular formula is C22H27NO6S. The lowest BCUT2D eigenvalue weighted by atomic mass is 10.2. The van der Waals surface area contributed by atoms with E-state index < -0.39 is 22.5 Å². The monoisotopic (exact) mass is 433 g/mol. The topological polar surface area (TPSA) is 82.1 Å². The average molecular weight is 434 g/mol. The van der Waals surface area contributed by atoms with Crippen molar-refractivity contribution in [2.45, 2.75) is 43.6 Å². The number of esters is 1. The molecule has 162 valence electrons. The number of anilines is 1. The maximum absolute atomic E-state index is 13.3. The Bertz CT molecular complexity index is 935. The van der Waals surface area contributed by atoms with Crippen LogP contribution in [0.1, 0.15) is 32.6 Å². The quantitative estimate of drug-likeness (QED) is 0.560. The molecule has 8 heteroatoms. The molecule has 0 aromatic heterocycles. The summed E-state index contributed by atoms with van der Waals surface area (Å²) in [4.78, 5) is 12.2. The Morgan fingerprint density at radius 2 is 1.60 bits per heavy atom. The summed E-state index contributed by atoms with van der Waals surface area (Å²) in [7, 11) is -2.49. The normalized spacial score (nSPS) is 14.3. The Labute approximate surface area is 177 Å². The van der Waals surface area contributed by atoms with Crippen LogP contribution in [0, 0.1) is 0 Å². The molecule has 0 spiro atoms. The highest BCUT2D eigenvalue weighted by molar-refractivity contribution is 7.92. The van der Waals surface area contributed by atoms with E-state index in [2.05, 4.69) is 0 Å². The number of carbonyl (C=O) groups is 1. The molecule has 0 saturated heterocycles. The number of nitrogens with zero attached hydrogens (tertiary/aromatic N) is 1. The maximum atomic E-state index is 13.3. The van der Waals surface area contributed by atoms with Crippen LogP contribution in [0.2, 0.25) is 0 Å². The average Bonchev–Trinajstić information content (AvgIpc) is 3.26. The highest BCUT2D eigenvalue weighted by atomic mass is 32.2. The van der Waals surface area contributed by atoms with Crippen molar-refractivity contribution in [2.24, 2.45) is 0 Å². The van der Waals surface area contributed by atoms with Crippen LogP contribution in [-0.2, 0) is 19.6 Å². The van der Waals surface area contributed by atoms with Gasteiger partial charge >= 0.3 is 5.97 Å². The second-order valence-corrected chi connectivity index (χ2v) is 8.87. The third-order valence-corrected chi connectivity index (χ3v) is 6.74. The summed E-state index contributed by atoms with van der Waals surface area (Å²) in [6.07, 6.45) is 4.59. The van der Waals surface area contributed by atoms with Gasteiger partial charge in [-0.2, -0.15) is 0 Å². The molecule has 7 nitrogen and oxygen atoms in total. The smallest absolute Gasteiger partial charge is 0.326 e. The van der Waals surface area contributed by atoms with Gasteiger partial charge < -0.3 is 14.2 Å². The number of sulfonamides is 1. The predicted octanol–water partition coefficient (Wildman–Crippen LogP) is 3.78. The lowest BCUT2D eigenvalue weighted by Gasteiger charge is -2.24. The Kier molecular flexibility index (Phi) is 7.20. The maximum Gasteiger partial charge on any atom is 0.326 e. The van der Waals surface area contributed by atoms with Crippen molar-refractivity contribution in [3.8, 4) is 11.5 Å². The standard InChI is InChI=1S/C22H27NO6S/c1-3-28-22(24)16-23(30(25,26)21-14-12-18(27-2)13-15-21)17-8-10-20(11-9-17)29-19-6-4-5-7-19/h8-15,19H,3-7,16H2,1-2H3. The molecule has 0 aliphatic heterocycles. The van der Waals surface area contributed by atoms with E-state index in [1.54, 1.807) is 43.3 Å². The van der Waals surface area contributed by atoms with E-state index in [-0.39, 0.29) is 17.6 Å².